The largest absolute Gasteiger partial charge is 0.497 e. The molecular formula is C13H16O3. The molecule has 3 heteroatoms. The van der Waals surface area contributed by atoms with Crippen molar-refractivity contribution in [1.82, 2.24) is 0 Å². The molecule has 0 saturated heterocycles. The molecule has 1 aromatic carbocycles. The summed E-state index contributed by atoms with van der Waals surface area (Å²) in [5.41, 5.74) is 1.12. The first-order chi connectivity index (χ1) is 7.70. The molecule has 0 bridgehead atoms. The molecule has 3 nitrogen and oxygen atoms in total. The van der Waals surface area contributed by atoms with Crippen molar-refractivity contribution >= 4 is 5.97 Å². The van der Waals surface area contributed by atoms with Crippen LogP contribution in [0.25, 0.3) is 0 Å². The number of rotatable bonds is 5. The molecule has 1 aromatic rings. The van der Waals surface area contributed by atoms with Gasteiger partial charge in [-0.3, -0.25) is 4.79 Å². The summed E-state index contributed by atoms with van der Waals surface area (Å²) in [6.45, 7) is 0. The maximum absolute atomic E-state index is 10.8. The first-order valence-corrected chi connectivity index (χ1v) is 5.56. The second-order valence-corrected chi connectivity index (χ2v) is 4.31. The number of carbonyl (C=O) groups is 1. The molecule has 0 amide bonds. The number of benzene rings is 1. The van der Waals surface area contributed by atoms with Crippen LogP contribution in [-0.2, 0) is 4.79 Å². The van der Waals surface area contributed by atoms with E-state index in [4.69, 9.17) is 9.84 Å². The topological polar surface area (TPSA) is 46.5 Å². The van der Waals surface area contributed by atoms with Gasteiger partial charge in [-0.15, -0.1) is 0 Å². The SMILES string of the molecule is COc1ccc([C@@H](CC(=O)O)C2CC2)cc1. The van der Waals surface area contributed by atoms with Gasteiger partial charge in [0.05, 0.1) is 13.5 Å². The number of methoxy groups -OCH3 is 1. The summed E-state index contributed by atoms with van der Waals surface area (Å²) in [5, 5.41) is 8.90. The van der Waals surface area contributed by atoms with Crippen molar-refractivity contribution in [3.63, 3.8) is 0 Å². The maximum Gasteiger partial charge on any atom is 0.303 e. The van der Waals surface area contributed by atoms with Gasteiger partial charge >= 0.3 is 5.97 Å². The maximum atomic E-state index is 10.8. The summed E-state index contributed by atoms with van der Waals surface area (Å²) in [4.78, 5) is 10.8. The molecular weight excluding hydrogens is 204 g/mol. The summed E-state index contributed by atoms with van der Waals surface area (Å²) in [6.07, 6.45) is 2.55. The van der Waals surface area contributed by atoms with Crippen LogP contribution in [-0.4, -0.2) is 18.2 Å². The van der Waals surface area contributed by atoms with E-state index in [0.29, 0.717) is 5.92 Å². The summed E-state index contributed by atoms with van der Waals surface area (Å²) in [6, 6.07) is 7.74. The Balaban J connectivity index is 2.14. The van der Waals surface area contributed by atoms with Crippen LogP contribution in [0, 0.1) is 5.92 Å². The van der Waals surface area contributed by atoms with Gasteiger partial charge < -0.3 is 9.84 Å². The third-order valence-electron chi connectivity index (χ3n) is 3.13. The number of hydrogen-bond donors (Lipinski definition) is 1. The molecule has 1 N–H and O–H groups in total. The standard InChI is InChI=1S/C13H16O3/c1-16-11-6-4-10(5-7-11)12(8-13(14)15)9-2-3-9/h4-7,9,12H,2-3,8H2,1H3,(H,14,15)/t12-/m0/s1. The van der Waals surface area contributed by atoms with Crippen LogP contribution in [0.3, 0.4) is 0 Å². The molecule has 16 heavy (non-hydrogen) atoms. The predicted octanol–water partition coefficient (Wildman–Crippen LogP) is 2.66. The van der Waals surface area contributed by atoms with Crippen LogP contribution in [0.15, 0.2) is 24.3 Å². The Bertz CT molecular complexity index is 365. The molecule has 0 unspecified atom stereocenters. The lowest BCUT2D eigenvalue weighted by Crippen LogP contribution is -2.08. The van der Waals surface area contributed by atoms with Crippen LogP contribution in [0.2, 0.25) is 0 Å². The van der Waals surface area contributed by atoms with Crippen molar-refractivity contribution in [2.24, 2.45) is 5.92 Å². The van der Waals surface area contributed by atoms with Crippen LogP contribution in [0.1, 0.15) is 30.7 Å². The van der Waals surface area contributed by atoms with Crippen molar-refractivity contribution in [2.75, 3.05) is 7.11 Å². The second-order valence-electron chi connectivity index (χ2n) is 4.31. The Morgan fingerprint density at radius 2 is 2.06 bits per heavy atom. The highest BCUT2D eigenvalue weighted by atomic mass is 16.5. The molecule has 1 fully saturated rings. The van der Waals surface area contributed by atoms with E-state index in [1.807, 2.05) is 24.3 Å². The fourth-order valence-electron chi connectivity index (χ4n) is 2.09. The van der Waals surface area contributed by atoms with Crippen LogP contribution >= 0.6 is 0 Å². The zero-order valence-corrected chi connectivity index (χ0v) is 9.35. The second kappa shape index (κ2) is 4.56. The van der Waals surface area contributed by atoms with Gasteiger partial charge in [-0.25, -0.2) is 0 Å². The monoisotopic (exact) mass is 220 g/mol. The lowest BCUT2D eigenvalue weighted by atomic mass is 9.91. The zero-order chi connectivity index (χ0) is 11.5. The number of hydrogen-bond acceptors (Lipinski definition) is 2. The average Bonchev–Trinajstić information content (AvgIpc) is 3.10. The van der Waals surface area contributed by atoms with E-state index >= 15 is 0 Å². The fourth-order valence-corrected chi connectivity index (χ4v) is 2.09. The van der Waals surface area contributed by atoms with Crippen molar-refractivity contribution in [3.05, 3.63) is 29.8 Å². The highest BCUT2D eigenvalue weighted by molar-refractivity contribution is 5.68. The van der Waals surface area contributed by atoms with E-state index < -0.39 is 5.97 Å². The van der Waals surface area contributed by atoms with Gasteiger partial charge in [0.25, 0.3) is 0 Å². The van der Waals surface area contributed by atoms with Crippen LogP contribution in [0.5, 0.6) is 5.75 Å². The van der Waals surface area contributed by atoms with Gasteiger partial charge in [-0.1, -0.05) is 12.1 Å². The Kier molecular flexibility index (Phi) is 3.13. The third-order valence-corrected chi connectivity index (χ3v) is 3.13. The van der Waals surface area contributed by atoms with Crippen LogP contribution in [0.4, 0.5) is 0 Å². The van der Waals surface area contributed by atoms with Crippen molar-refractivity contribution in [2.45, 2.75) is 25.2 Å². The van der Waals surface area contributed by atoms with E-state index in [1.54, 1.807) is 7.11 Å². The summed E-state index contributed by atoms with van der Waals surface area (Å²) < 4.78 is 5.09. The Hall–Kier alpha value is -1.51. The molecule has 1 aliphatic rings. The van der Waals surface area contributed by atoms with E-state index in [-0.39, 0.29) is 12.3 Å². The average molecular weight is 220 g/mol. The lowest BCUT2D eigenvalue weighted by molar-refractivity contribution is -0.137. The van der Waals surface area contributed by atoms with Gasteiger partial charge in [-0.05, 0) is 42.4 Å². The van der Waals surface area contributed by atoms with Crippen molar-refractivity contribution < 1.29 is 14.6 Å². The van der Waals surface area contributed by atoms with Crippen molar-refractivity contribution in [3.8, 4) is 5.75 Å². The molecule has 1 aliphatic carbocycles. The van der Waals surface area contributed by atoms with Crippen molar-refractivity contribution in [1.29, 1.82) is 0 Å². The summed E-state index contributed by atoms with van der Waals surface area (Å²) >= 11 is 0. The number of ether oxygens (including phenoxy) is 1. The smallest absolute Gasteiger partial charge is 0.303 e. The normalized spacial score (nSPS) is 16.8. The van der Waals surface area contributed by atoms with Gasteiger partial charge in [-0.2, -0.15) is 0 Å². The molecule has 0 heterocycles. The van der Waals surface area contributed by atoms with Gasteiger partial charge in [0.15, 0.2) is 0 Å². The molecule has 1 saturated carbocycles. The molecule has 0 aromatic heterocycles. The Morgan fingerprint density at radius 1 is 1.44 bits per heavy atom. The number of carboxylic acid groups (broad SMARTS) is 1. The minimum atomic E-state index is -0.715. The van der Waals surface area contributed by atoms with E-state index in [0.717, 1.165) is 24.2 Å². The molecule has 0 spiro atoms. The number of carboxylic acids is 1. The zero-order valence-electron chi connectivity index (χ0n) is 9.35. The molecule has 1 atom stereocenters. The summed E-state index contributed by atoms with van der Waals surface area (Å²) in [7, 11) is 1.63. The number of aliphatic carboxylic acids is 1. The van der Waals surface area contributed by atoms with Crippen LogP contribution < -0.4 is 4.74 Å². The first kappa shape index (κ1) is 11.0. The third kappa shape index (κ3) is 2.54. The molecule has 0 radical (unpaired) electrons. The predicted molar refractivity (Wildman–Crippen MR) is 60.7 cm³/mol. The Morgan fingerprint density at radius 3 is 2.50 bits per heavy atom. The first-order valence-electron chi connectivity index (χ1n) is 5.56. The highest BCUT2D eigenvalue weighted by Gasteiger charge is 2.33. The highest BCUT2D eigenvalue weighted by Crippen LogP contribution is 2.44. The van der Waals surface area contributed by atoms with Gasteiger partial charge in [0.1, 0.15) is 5.75 Å². The van der Waals surface area contributed by atoms with Gasteiger partial charge in [0, 0.05) is 0 Å². The van der Waals surface area contributed by atoms with Gasteiger partial charge in [0.2, 0.25) is 0 Å². The summed E-state index contributed by atoms with van der Waals surface area (Å²) in [5.74, 6) is 0.828. The molecule has 86 valence electrons. The van der Waals surface area contributed by atoms with E-state index in [1.165, 1.54) is 0 Å². The quantitative estimate of drug-likeness (QED) is 0.829. The molecule has 2 rings (SSSR count). The van der Waals surface area contributed by atoms with E-state index in [2.05, 4.69) is 0 Å². The fraction of sp³-hybridized carbons (Fsp3) is 0.462. The minimum absolute atomic E-state index is 0.170. The molecule has 0 aliphatic heterocycles. The van der Waals surface area contributed by atoms with E-state index in [9.17, 15) is 4.79 Å². The Labute approximate surface area is 95.0 Å². The lowest BCUT2D eigenvalue weighted by Gasteiger charge is -2.14. The minimum Gasteiger partial charge on any atom is -0.497 e.